The maximum Gasteiger partial charge on any atom is 0.283 e. The van der Waals surface area contributed by atoms with Gasteiger partial charge in [-0.05, 0) is 60.5 Å². The summed E-state index contributed by atoms with van der Waals surface area (Å²) in [5.74, 6) is 1.31. The number of nitrogens with zero attached hydrogens (tertiary/aromatic N) is 2. The molecule has 0 saturated heterocycles. The van der Waals surface area contributed by atoms with Crippen LogP contribution in [0.2, 0.25) is 5.02 Å². The Kier molecular flexibility index (Phi) is 6.44. The number of amidine groups is 1. The van der Waals surface area contributed by atoms with E-state index in [9.17, 15) is 4.79 Å². The van der Waals surface area contributed by atoms with Crippen LogP contribution < -0.4 is 9.64 Å². The average molecular weight is 449 g/mol. The monoisotopic (exact) mass is 448 g/mol. The molecule has 0 N–H and O–H groups in total. The van der Waals surface area contributed by atoms with E-state index in [1.54, 1.807) is 18.1 Å². The number of hydrogen-bond acceptors (Lipinski definition) is 4. The lowest BCUT2D eigenvalue weighted by Crippen LogP contribution is -2.30. The molecule has 1 heterocycles. The number of benzene rings is 3. The van der Waals surface area contributed by atoms with E-state index in [1.165, 1.54) is 11.8 Å². The first-order valence-corrected chi connectivity index (χ1v) is 11.1. The third-order valence-electron chi connectivity index (χ3n) is 4.82. The zero-order valence-electron chi connectivity index (χ0n) is 17.2. The second-order valence-electron chi connectivity index (χ2n) is 7.09. The number of aliphatic imine (C=N–C) groups is 1. The number of carbonyl (C=O) groups excluding carboxylic acids is 1. The number of rotatable bonds is 5. The van der Waals surface area contributed by atoms with Crippen molar-refractivity contribution in [3.63, 3.8) is 0 Å². The van der Waals surface area contributed by atoms with Gasteiger partial charge >= 0.3 is 0 Å². The molecule has 0 atom stereocenters. The van der Waals surface area contributed by atoms with Crippen LogP contribution in [0, 0.1) is 6.92 Å². The second-order valence-corrected chi connectivity index (χ2v) is 8.47. The molecule has 156 valence electrons. The van der Waals surface area contributed by atoms with Gasteiger partial charge in [-0.1, -0.05) is 65.3 Å². The largest absolute Gasteiger partial charge is 0.497 e. The Morgan fingerprint density at radius 2 is 1.68 bits per heavy atom. The van der Waals surface area contributed by atoms with Gasteiger partial charge in [-0.3, -0.25) is 9.69 Å². The summed E-state index contributed by atoms with van der Waals surface area (Å²) in [5, 5.41) is 1.36. The number of amides is 1. The summed E-state index contributed by atoms with van der Waals surface area (Å²) in [6.07, 6.45) is 1.80. The minimum Gasteiger partial charge on any atom is -0.497 e. The van der Waals surface area contributed by atoms with Gasteiger partial charge in [0, 0.05) is 10.8 Å². The molecular weight excluding hydrogens is 428 g/mol. The second kappa shape index (κ2) is 9.41. The zero-order valence-corrected chi connectivity index (χ0v) is 18.8. The van der Waals surface area contributed by atoms with E-state index in [2.05, 4.69) is 4.99 Å². The number of aryl methyl sites for hydroxylation is 1. The maximum atomic E-state index is 13.3. The van der Waals surface area contributed by atoms with E-state index in [0.29, 0.717) is 21.6 Å². The van der Waals surface area contributed by atoms with Gasteiger partial charge in [-0.25, -0.2) is 4.99 Å². The van der Waals surface area contributed by atoms with Crippen molar-refractivity contribution < 1.29 is 9.53 Å². The highest BCUT2D eigenvalue weighted by Gasteiger charge is 2.31. The first-order chi connectivity index (χ1) is 15.0. The molecule has 3 aromatic rings. The fraction of sp³-hybridized carbons (Fsp3) is 0.120. The maximum absolute atomic E-state index is 13.3. The minimum absolute atomic E-state index is 0.140. The van der Waals surface area contributed by atoms with Crippen molar-refractivity contribution >= 4 is 46.2 Å². The van der Waals surface area contributed by atoms with Gasteiger partial charge in [0.2, 0.25) is 0 Å². The predicted molar refractivity (Wildman–Crippen MR) is 130 cm³/mol. The van der Waals surface area contributed by atoms with Crippen LogP contribution in [0.15, 0.2) is 83.5 Å². The van der Waals surface area contributed by atoms with E-state index in [0.717, 1.165) is 28.1 Å². The van der Waals surface area contributed by atoms with Gasteiger partial charge in [-0.2, -0.15) is 0 Å². The molecule has 1 aliphatic rings. The summed E-state index contributed by atoms with van der Waals surface area (Å²) in [6, 6.07) is 23.1. The molecule has 1 amide bonds. The van der Waals surface area contributed by atoms with Gasteiger partial charge in [0.1, 0.15) is 11.4 Å². The van der Waals surface area contributed by atoms with Gasteiger partial charge in [0.25, 0.3) is 5.91 Å². The van der Waals surface area contributed by atoms with Crippen LogP contribution in [0.5, 0.6) is 5.75 Å². The fourth-order valence-electron chi connectivity index (χ4n) is 3.10. The van der Waals surface area contributed by atoms with Crippen molar-refractivity contribution in [2.75, 3.05) is 12.0 Å². The van der Waals surface area contributed by atoms with E-state index in [-0.39, 0.29) is 5.91 Å². The van der Waals surface area contributed by atoms with E-state index in [1.807, 2.05) is 79.7 Å². The quantitative estimate of drug-likeness (QED) is 0.428. The van der Waals surface area contributed by atoms with Crippen LogP contribution in [0.4, 0.5) is 5.69 Å². The molecule has 0 aromatic heterocycles. The van der Waals surface area contributed by atoms with Gasteiger partial charge in [0.05, 0.1) is 12.8 Å². The standard InChI is InChI=1S/C25H21ClN2O2S/c1-17-3-11-21(12-4-17)28-24(29)23(15-18-7-13-22(30-2)14-8-18)27-25(28)31-16-19-5-9-20(26)10-6-19/h3-15H,16H2,1-2H3/b23-15+. The Balaban J connectivity index is 1.64. The number of thioether (sulfide) groups is 1. The molecule has 0 radical (unpaired) electrons. The number of hydrogen-bond donors (Lipinski definition) is 0. The van der Waals surface area contributed by atoms with Gasteiger partial charge < -0.3 is 4.74 Å². The van der Waals surface area contributed by atoms with Crippen LogP contribution >= 0.6 is 23.4 Å². The third kappa shape index (κ3) is 5.01. The Hall–Kier alpha value is -3.02. The Labute approximate surface area is 191 Å². The topological polar surface area (TPSA) is 41.9 Å². The van der Waals surface area contributed by atoms with Crippen LogP contribution in [0.3, 0.4) is 0 Å². The molecular formula is C25H21ClN2O2S. The van der Waals surface area contributed by atoms with E-state index in [4.69, 9.17) is 16.3 Å². The van der Waals surface area contributed by atoms with Crippen molar-refractivity contribution in [3.8, 4) is 5.75 Å². The number of halogens is 1. The highest BCUT2D eigenvalue weighted by molar-refractivity contribution is 8.13. The molecule has 31 heavy (non-hydrogen) atoms. The van der Waals surface area contributed by atoms with Crippen molar-refractivity contribution in [1.82, 2.24) is 0 Å². The van der Waals surface area contributed by atoms with Crippen molar-refractivity contribution in [2.45, 2.75) is 12.7 Å². The summed E-state index contributed by atoms with van der Waals surface area (Å²) < 4.78 is 5.21. The molecule has 3 aromatic carbocycles. The molecule has 1 aliphatic heterocycles. The molecule has 0 aliphatic carbocycles. The van der Waals surface area contributed by atoms with E-state index < -0.39 is 0 Å². The lowest BCUT2D eigenvalue weighted by molar-refractivity contribution is -0.113. The minimum atomic E-state index is -0.140. The first kappa shape index (κ1) is 21.2. The SMILES string of the molecule is COc1ccc(/C=C2/N=C(SCc3ccc(Cl)cc3)N(c3ccc(C)cc3)C2=O)cc1. The predicted octanol–water partition coefficient (Wildman–Crippen LogP) is 6.33. The van der Waals surface area contributed by atoms with Crippen LogP contribution in [0.1, 0.15) is 16.7 Å². The van der Waals surface area contributed by atoms with Crippen LogP contribution in [-0.4, -0.2) is 18.2 Å². The number of methoxy groups -OCH3 is 1. The van der Waals surface area contributed by atoms with Crippen molar-refractivity contribution in [3.05, 3.63) is 100 Å². The first-order valence-electron chi connectivity index (χ1n) is 9.76. The number of carbonyl (C=O) groups is 1. The Bertz CT molecular complexity index is 1140. The third-order valence-corrected chi connectivity index (χ3v) is 6.08. The van der Waals surface area contributed by atoms with Gasteiger partial charge in [0.15, 0.2) is 5.17 Å². The Morgan fingerprint density at radius 3 is 2.32 bits per heavy atom. The van der Waals surface area contributed by atoms with Crippen molar-refractivity contribution in [1.29, 1.82) is 0 Å². The van der Waals surface area contributed by atoms with E-state index >= 15 is 0 Å². The molecule has 0 saturated carbocycles. The lowest BCUT2D eigenvalue weighted by atomic mass is 10.1. The molecule has 4 rings (SSSR count). The fourth-order valence-corrected chi connectivity index (χ4v) is 4.20. The molecule has 0 fully saturated rings. The normalized spacial score (nSPS) is 14.8. The van der Waals surface area contributed by atoms with Crippen LogP contribution in [-0.2, 0) is 10.5 Å². The summed E-state index contributed by atoms with van der Waals surface area (Å²) in [4.78, 5) is 19.6. The summed E-state index contributed by atoms with van der Waals surface area (Å²) in [5.41, 5.74) is 4.35. The Morgan fingerprint density at radius 1 is 1.00 bits per heavy atom. The summed E-state index contributed by atoms with van der Waals surface area (Å²) in [7, 11) is 1.63. The summed E-state index contributed by atoms with van der Waals surface area (Å²) in [6.45, 7) is 2.02. The molecule has 0 bridgehead atoms. The van der Waals surface area contributed by atoms with Crippen LogP contribution in [0.25, 0.3) is 6.08 Å². The average Bonchev–Trinajstić information content (AvgIpc) is 3.09. The summed E-state index contributed by atoms with van der Waals surface area (Å²) >= 11 is 7.52. The number of ether oxygens (including phenoxy) is 1. The molecule has 0 spiro atoms. The van der Waals surface area contributed by atoms with Gasteiger partial charge in [-0.15, -0.1) is 0 Å². The highest BCUT2D eigenvalue weighted by atomic mass is 35.5. The smallest absolute Gasteiger partial charge is 0.283 e. The molecule has 4 nitrogen and oxygen atoms in total. The van der Waals surface area contributed by atoms with Crippen molar-refractivity contribution in [2.24, 2.45) is 4.99 Å². The molecule has 0 unspecified atom stereocenters. The highest BCUT2D eigenvalue weighted by Crippen LogP contribution is 2.31. The number of anilines is 1. The zero-order chi connectivity index (χ0) is 21.8. The lowest BCUT2D eigenvalue weighted by Gasteiger charge is -2.18. The molecule has 6 heteroatoms.